The first-order valence-electron chi connectivity index (χ1n) is 6.33. The summed E-state index contributed by atoms with van der Waals surface area (Å²) in [5, 5.41) is 0. The first-order chi connectivity index (χ1) is 8.58. The van der Waals surface area contributed by atoms with Gasteiger partial charge in [0.05, 0.1) is 0 Å². The summed E-state index contributed by atoms with van der Waals surface area (Å²) in [5.41, 5.74) is 0. The lowest BCUT2D eigenvalue weighted by Gasteiger charge is -2.31. The number of rotatable bonds is 3. The Balaban J connectivity index is 2.10. The summed E-state index contributed by atoms with van der Waals surface area (Å²) in [6.07, 6.45) is 5.02. The van der Waals surface area contributed by atoms with Crippen LogP contribution in [0.3, 0.4) is 0 Å². The Hall–Kier alpha value is -1.65. The third-order valence-corrected chi connectivity index (χ3v) is 3.45. The highest BCUT2D eigenvalue weighted by atomic mass is 16.1. The van der Waals surface area contributed by atoms with E-state index in [0.29, 0.717) is 30.6 Å². The van der Waals surface area contributed by atoms with Gasteiger partial charge in [0.15, 0.2) is 0 Å². The van der Waals surface area contributed by atoms with Crippen molar-refractivity contribution in [3.63, 3.8) is 0 Å². The van der Waals surface area contributed by atoms with Crippen LogP contribution in [0.4, 0.5) is 11.8 Å². The molecule has 0 aromatic carbocycles. The zero-order valence-electron chi connectivity index (χ0n) is 11.3. The first-order valence-corrected chi connectivity index (χ1v) is 6.33. The lowest BCUT2D eigenvalue weighted by atomic mass is 9.93. The fourth-order valence-corrected chi connectivity index (χ4v) is 2.25. The minimum absolute atomic E-state index is 0.385. The number of aromatic nitrogens is 2. The Kier molecular flexibility index (Phi) is 3.79. The molecule has 1 aromatic rings. The van der Waals surface area contributed by atoms with Crippen LogP contribution in [0.1, 0.15) is 25.7 Å². The number of Topliss-reactive ketones (excluding diaryl/α,β-unsaturated/α-hetero) is 1. The largest absolute Gasteiger partial charge is 0.357 e. The summed E-state index contributed by atoms with van der Waals surface area (Å²) < 4.78 is 0. The molecule has 1 aliphatic carbocycles. The molecular formula is C13H20N4O. The molecule has 1 saturated carbocycles. The monoisotopic (exact) mass is 248 g/mol. The Morgan fingerprint density at radius 1 is 1.22 bits per heavy atom. The van der Waals surface area contributed by atoms with E-state index in [-0.39, 0.29) is 0 Å². The smallest absolute Gasteiger partial charge is 0.226 e. The Morgan fingerprint density at radius 3 is 2.50 bits per heavy atom. The maximum atomic E-state index is 11.3. The van der Waals surface area contributed by atoms with E-state index in [4.69, 9.17) is 0 Å². The number of anilines is 2. The summed E-state index contributed by atoms with van der Waals surface area (Å²) in [6.45, 7) is 0. The molecule has 0 radical (unpaired) electrons. The van der Waals surface area contributed by atoms with Gasteiger partial charge in [-0.3, -0.25) is 4.79 Å². The van der Waals surface area contributed by atoms with Crippen LogP contribution in [0.2, 0.25) is 0 Å². The number of carbonyl (C=O) groups is 1. The van der Waals surface area contributed by atoms with Crippen molar-refractivity contribution in [3.05, 3.63) is 12.3 Å². The van der Waals surface area contributed by atoms with E-state index in [1.807, 2.05) is 32.1 Å². The minimum atomic E-state index is 0.385. The zero-order valence-corrected chi connectivity index (χ0v) is 11.3. The molecule has 0 atom stereocenters. The minimum Gasteiger partial charge on any atom is -0.357 e. The first kappa shape index (κ1) is 12.8. The van der Waals surface area contributed by atoms with Crippen LogP contribution < -0.4 is 9.80 Å². The molecule has 5 nitrogen and oxygen atoms in total. The van der Waals surface area contributed by atoms with Gasteiger partial charge in [-0.1, -0.05) is 0 Å². The molecule has 0 amide bonds. The Morgan fingerprint density at radius 2 is 1.89 bits per heavy atom. The molecule has 0 N–H and O–H groups in total. The van der Waals surface area contributed by atoms with Crippen LogP contribution >= 0.6 is 0 Å². The van der Waals surface area contributed by atoms with Crippen molar-refractivity contribution in [1.82, 2.24) is 9.97 Å². The van der Waals surface area contributed by atoms with Crippen LogP contribution in [0, 0.1) is 0 Å². The normalized spacial score (nSPS) is 16.7. The van der Waals surface area contributed by atoms with Gasteiger partial charge in [0.2, 0.25) is 5.95 Å². The predicted octanol–water partition coefficient (Wildman–Crippen LogP) is 1.49. The van der Waals surface area contributed by atoms with Crippen LogP contribution in [-0.4, -0.2) is 42.9 Å². The number of nitrogens with zero attached hydrogens (tertiary/aromatic N) is 4. The molecule has 0 bridgehead atoms. The molecule has 0 spiro atoms. The van der Waals surface area contributed by atoms with Gasteiger partial charge >= 0.3 is 0 Å². The van der Waals surface area contributed by atoms with Crippen molar-refractivity contribution in [3.8, 4) is 0 Å². The average Bonchev–Trinajstić information content (AvgIpc) is 2.39. The molecule has 5 heteroatoms. The van der Waals surface area contributed by atoms with Crippen molar-refractivity contribution >= 4 is 17.5 Å². The van der Waals surface area contributed by atoms with Gasteiger partial charge in [0.1, 0.15) is 11.6 Å². The lowest BCUT2D eigenvalue weighted by molar-refractivity contribution is -0.120. The van der Waals surface area contributed by atoms with Gasteiger partial charge in [-0.05, 0) is 18.9 Å². The van der Waals surface area contributed by atoms with E-state index in [2.05, 4.69) is 14.9 Å². The van der Waals surface area contributed by atoms with Crippen molar-refractivity contribution < 1.29 is 4.79 Å². The van der Waals surface area contributed by atoms with Gasteiger partial charge in [-0.25, -0.2) is 4.98 Å². The molecule has 1 fully saturated rings. The van der Waals surface area contributed by atoms with Crippen LogP contribution in [0.25, 0.3) is 0 Å². The van der Waals surface area contributed by atoms with Crippen LogP contribution in [-0.2, 0) is 4.79 Å². The van der Waals surface area contributed by atoms with Gasteiger partial charge in [-0.2, -0.15) is 4.98 Å². The maximum Gasteiger partial charge on any atom is 0.226 e. The Bertz CT molecular complexity index is 423. The van der Waals surface area contributed by atoms with E-state index in [1.54, 1.807) is 6.20 Å². The quantitative estimate of drug-likeness (QED) is 0.811. The van der Waals surface area contributed by atoms with Crippen molar-refractivity contribution in [2.75, 3.05) is 30.9 Å². The predicted molar refractivity (Wildman–Crippen MR) is 72.0 cm³/mol. The second kappa shape index (κ2) is 5.33. The van der Waals surface area contributed by atoms with Crippen molar-refractivity contribution in [2.45, 2.75) is 31.7 Å². The zero-order chi connectivity index (χ0) is 13.1. The second-order valence-corrected chi connectivity index (χ2v) is 4.99. The number of carbonyl (C=O) groups excluding carboxylic acids is 1. The van der Waals surface area contributed by atoms with Crippen LogP contribution in [0.5, 0.6) is 0 Å². The topological polar surface area (TPSA) is 49.3 Å². The van der Waals surface area contributed by atoms with Gasteiger partial charge < -0.3 is 9.80 Å². The molecule has 0 saturated heterocycles. The number of hydrogen-bond acceptors (Lipinski definition) is 5. The highest BCUT2D eigenvalue weighted by molar-refractivity contribution is 5.79. The maximum absolute atomic E-state index is 11.3. The molecular weight excluding hydrogens is 228 g/mol. The van der Waals surface area contributed by atoms with E-state index >= 15 is 0 Å². The van der Waals surface area contributed by atoms with Crippen molar-refractivity contribution in [2.24, 2.45) is 0 Å². The van der Waals surface area contributed by atoms with Gasteiger partial charge in [-0.15, -0.1) is 0 Å². The van der Waals surface area contributed by atoms with E-state index in [1.165, 1.54) is 0 Å². The third kappa shape index (κ3) is 2.78. The molecule has 0 aliphatic heterocycles. The molecule has 0 unspecified atom stereocenters. The highest BCUT2D eigenvalue weighted by Crippen LogP contribution is 2.23. The van der Waals surface area contributed by atoms with Gasteiger partial charge in [0, 0.05) is 46.2 Å². The SMILES string of the molecule is CN(C)c1nccc(N(C)C2CCC(=O)CC2)n1. The summed E-state index contributed by atoms with van der Waals surface area (Å²) >= 11 is 0. The fourth-order valence-electron chi connectivity index (χ4n) is 2.25. The molecule has 18 heavy (non-hydrogen) atoms. The molecule has 98 valence electrons. The van der Waals surface area contributed by atoms with Crippen molar-refractivity contribution in [1.29, 1.82) is 0 Å². The van der Waals surface area contributed by atoms with E-state index in [9.17, 15) is 4.79 Å². The number of ketones is 1. The molecule has 1 heterocycles. The van der Waals surface area contributed by atoms with Gasteiger partial charge in [0.25, 0.3) is 0 Å². The summed E-state index contributed by atoms with van der Waals surface area (Å²) in [6, 6.07) is 2.33. The van der Waals surface area contributed by atoms with E-state index in [0.717, 1.165) is 18.7 Å². The van der Waals surface area contributed by atoms with Crippen LogP contribution in [0.15, 0.2) is 12.3 Å². The second-order valence-electron chi connectivity index (χ2n) is 4.99. The summed E-state index contributed by atoms with van der Waals surface area (Å²) in [5.74, 6) is 2.02. The summed E-state index contributed by atoms with van der Waals surface area (Å²) in [7, 11) is 5.90. The molecule has 1 aromatic heterocycles. The summed E-state index contributed by atoms with van der Waals surface area (Å²) in [4.78, 5) is 24.1. The standard InChI is InChI=1S/C13H20N4O/c1-16(2)13-14-9-8-12(15-13)17(3)10-4-6-11(18)7-5-10/h8-10H,4-7H2,1-3H3. The lowest BCUT2D eigenvalue weighted by Crippen LogP contribution is -2.36. The fraction of sp³-hybridized carbons (Fsp3) is 0.615. The highest BCUT2D eigenvalue weighted by Gasteiger charge is 2.23. The average molecular weight is 248 g/mol. The Labute approximate surface area is 108 Å². The third-order valence-electron chi connectivity index (χ3n) is 3.45. The molecule has 1 aliphatic rings. The van der Waals surface area contributed by atoms with E-state index < -0.39 is 0 Å². The molecule has 2 rings (SSSR count). The number of hydrogen-bond donors (Lipinski definition) is 0.